The second-order valence-electron chi connectivity index (χ2n) is 2.99. The Bertz CT molecular complexity index is 440. The van der Waals surface area contributed by atoms with Crippen LogP contribution in [0.25, 0.3) is 11.1 Å². The van der Waals surface area contributed by atoms with E-state index >= 15 is 0 Å². The normalized spacial score (nSPS) is 8.35. The molecule has 0 nitrogen and oxygen atoms in total. The van der Waals surface area contributed by atoms with Crippen molar-refractivity contribution in [2.75, 3.05) is 0 Å². The summed E-state index contributed by atoms with van der Waals surface area (Å²) < 4.78 is 0. The molecule has 0 aromatic heterocycles. The number of benzene rings is 2. The van der Waals surface area contributed by atoms with Crippen molar-refractivity contribution in [3.63, 3.8) is 0 Å². The second kappa shape index (κ2) is 8.66. The van der Waals surface area contributed by atoms with Crippen LogP contribution in [0.5, 0.6) is 0 Å². The van der Waals surface area contributed by atoms with E-state index in [1.54, 1.807) is 6.07 Å². The van der Waals surface area contributed by atoms with Crippen LogP contribution in [-0.2, 0) is 0 Å². The van der Waals surface area contributed by atoms with Crippen molar-refractivity contribution in [3.05, 3.63) is 58.6 Å². The van der Waals surface area contributed by atoms with Gasteiger partial charge in [-0.15, -0.1) is 24.8 Å². The van der Waals surface area contributed by atoms with Crippen LogP contribution in [0, 0.1) is 0 Å². The standard InChI is InChI=1S/C12H8Cl2.CH4.2ClH/c13-10-6-7-11(12(14)8-10)9-4-2-1-3-5-9;;;/h1-8H;1H4;2*1H. The zero-order valence-electron chi connectivity index (χ0n) is 8.19. The average molecular weight is 312 g/mol. The molecule has 4 heteroatoms. The lowest BCUT2D eigenvalue weighted by atomic mass is 10.1. The molecule has 2 aromatic carbocycles. The zero-order chi connectivity index (χ0) is 9.97. The van der Waals surface area contributed by atoms with Gasteiger partial charge in [0, 0.05) is 15.6 Å². The highest BCUT2D eigenvalue weighted by atomic mass is 35.5. The predicted octanol–water partition coefficient (Wildman–Crippen LogP) is 6.14. The summed E-state index contributed by atoms with van der Waals surface area (Å²) >= 11 is 11.9. The number of halogens is 4. The van der Waals surface area contributed by atoms with Crippen LogP contribution in [0.1, 0.15) is 7.43 Å². The average Bonchev–Trinajstić information content (AvgIpc) is 2.19. The van der Waals surface area contributed by atoms with Crippen LogP contribution in [0.4, 0.5) is 0 Å². The first-order valence-corrected chi connectivity index (χ1v) is 5.03. The van der Waals surface area contributed by atoms with Crippen molar-refractivity contribution in [1.29, 1.82) is 0 Å². The molecule has 0 aliphatic carbocycles. The Morgan fingerprint density at radius 2 is 1.35 bits per heavy atom. The molecule has 0 amide bonds. The van der Waals surface area contributed by atoms with Gasteiger partial charge in [-0.3, -0.25) is 0 Å². The third-order valence-corrected chi connectivity index (χ3v) is 2.56. The van der Waals surface area contributed by atoms with Gasteiger partial charge in [0.2, 0.25) is 0 Å². The molecule has 0 aliphatic heterocycles. The Hall–Kier alpha value is -0.400. The fraction of sp³-hybridized carbons (Fsp3) is 0.0769. The molecule has 0 aliphatic rings. The minimum absolute atomic E-state index is 0. The monoisotopic (exact) mass is 310 g/mol. The summed E-state index contributed by atoms with van der Waals surface area (Å²) in [5.41, 5.74) is 2.12. The van der Waals surface area contributed by atoms with Gasteiger partial charge in [-0.2, -0.15) is 0 Å². The Morgan fingerprint density at radius 3 is 1.88 bits per heavy atom. The van der Waals surface area contributed by atoms with E-state index in [0.717, 1.165) is 11.1 Å². The summed E-state index contributed by atoms with van der Waals surface area (Å²) in [6, 6.07) is 15.5. The van der Waals surface area contributed by atoms with Crippen LogP contribution < -0.4 is 0 Å². The lowest BCUT2D eigenvalue weighted by Gasteiger charge is -2.04. The van der Waals surface area contributed by atoms with Gasteiger partial charge in [0.25, 0.3) is 0 Å². The minimum atomic E-state index is 0. The molecule has 17 heavy (non-hydrogen) atoms. The summed E-state index contributed by atoms with van der Waals surface area (Å²) in [7, 11) is 0. The number of hydrogen-bond donors (Lipinski definition) is 0. The summed E-state index contributed by atoms with van der Waals surface area (Å²) in [4.78, 5) is 0. The molecule has 94 valence electrons. The zero-order valence-corrected chi connectivity index (χ0v) is 11.3. The molecule has 0 saturated heterocycles. The molecular weight excluding hydrogens is 298 g/mol. The van der Waals surface area contributed by atoms with Gasteiger partial charge in [0.1, 0.15) is 0 Å². The Balaban J connectivity index is 0. The van der Waals surface area contributed by atoms with E-state index in [1.165, 1.54) is 0 Å². The van der Waals surface area contributed by atoms with Crippen LogP contribution in [0.2, 0.25) is 10.0 Å². The first kappa shape index (κ1) is 19.0. The van der Waals surface area contributed by atoms with E-state index in [-0.39, 0.29) is 32.2 Å². The fourth-order valence-electron chi connectivity index (χ4n) is 1.34. The molecule has 0 fully saturated rings. The Kier molecular flexibility index (Phi) is 9.65. The highest BCUT2D eigenvalue weighted by Gasteiger charge is 2.02. The molecule has 0 saturated carbocycles. The minimum Gasteiger partial charge on any atom is -0.147 e. The van der Waals surface area contributed by atoms with Crippen molar-refractivity contribution in [2.24, 2.45) is 0 Å². The van der Waals surface area contributed by atoms with Crippen LogP contribution in [0.3, 0.4) is 0 Å². The fourth-order valence-corrected chi connectivity index (χ4v) is 1.86. The van der Waals surface area contributed by atoms with Crippen molar-refractivity contribution in [3.8, 4) is 11.1 Å². The first-order chi connectivity index (χ1) is 6.77. The van der Waals surface area contributed by atoms with E-state index < -0.39 is 0 Å². The van der Waals surface area contributed by atoms with Crippen LogP contribution >= 0.6 is 48.0 Å². The molecule has 0 spiro atoms. The van der Waals surface area contributed by atoms with E-state index in [4.69, 9.17) is 23.2 Å². The molecule has 0 bridgehead atoms. The summed E-state index contributed by atoms with van der Waals surface area (Å²) in [6.07, 6.45) is 0. The molecule has 0 heterocycles. The number of hydrogen-bond acceptors (Lipinski definition) is 0. The summed E-state index contributed by atoms with van der Waals surface area (Å²) in [5.74, 6) is 0. The van der Waals surface area contributed by atoms with Gasteiger partial charge < -0.3 is 0 Å². The quantitative estimate of drug-likeness (QED) is 0.593. The topological polar surface area (TPSA) is 0 Å². The van der Waals surface area contributed by atoms with Crippen molar-refractivity contribution < 1.29 is 0 Å². The van der Waals surface area contributed by atoms with Gasteiger partial charge in [-0.25, -0.2) is 0 Å². The lowest BCUT2D eigenvalue weighted by molar-refractivity contribution is 1.62. The van der Waals surface area contributed by atoms with Crippen LogP contribution in [0.15, 0.2) is 48.5 Å². The summed E-state index contributed by atoms with van der Waals surface area (Å²) in [5, 5.41) is 1.35. The van der Waals surface area contributed by atoms with E-state index in [0.29, 0.717) is 10.0 Å². The first-order valence-electron chi connectivity index (χ1n) is 4.28. The highest BCUT2D eigenvalue weighted by molar-refractivity contribution is 6.36. The van der Waals surface area contributed by atoms with Gasteiger partial charge in [-0.05, 0) is 17.7 Å². The molecule has 0 unspecified atom stereocenters. The molecule has 0 N–H and O–H groups in total. The maximum absolute atomic E-state index is 6.08. The Morgan fingerprint density at radius 1 is 0.765 bits per heavy atom. The maximum atomic E-state index is 6.08. The van der Waals surface area contributed by atoms with E-state index in [1.807, 2.05) is 42.5 Å². The SMILES string of the molecule is C.Cl.Cl.Clc1ccc(-c2ccccc2)c(Cl)c1. The number of rotatable bonds is 1. The van der Waals surface area contributed by atoms with Gasteiger partial charge >= 0.3 is 0 Å². The van der Waals surface area contributed by atoms with Crippen molar-refractivity contribution in [1.82, 2.24) is 0 Å². The van der Waals surface area contributed by atoms with Crippen LogP contribution in [-0.4, -0.2) is 0 Å². The van der Waals surface area contributed by atoms with E-state index in [2.05, 4.69) is 0 Å². The highest BCUT2D eigenvalue weighted by Crippen LogP contribution is 2.29. The van der Waals surface area contributed by atoms with E-state index in [9.17, 15) is 0 Å². The Labute approximate surface area is 125 Å². The second-order valence-corrected chi connectivity index (χ2v) is 3.83. The van der Waals surface area contributed by atoms with Crippen molar-refractivity contribution in [2.45, 2.75) is 7.43 Å². The molecular formula is C13H14Cl4. The lowest BCUT2D eigenvalue weighted by Crippen LogP contribution is -1.78. The largest absolute Gasteiger partial charge is 0.147 e. The molecule has 2 rings (SSSR count). The van der Waals surface area contributed by atoms with Gasteiger partial charge in [0.15, 0.2) is 0 Å². The third kappa shape index (κ3) is 4.77. The molecule has 2 aromatic rings. The smallest absolute Gasteiger partial charge is 0.0499 e. The molecule has 0 atom stereocenters. The third-order valence-electron chi connectivity index (χ3n) is 2.02. The van der Waals surface area contributed by atoms with Crippen molar-refractivity contribution >= 4 is 48.0 Å². The van der Waals surface area contributed by atoms with Gasteiger partial charge in [0.05, 0.1) is 0 Å². The molecule has 0 radical (unpaired) electrons. The van der Waals surface area contributed by atoms with Gasteiger partial charge in [-0.1, -0.05) is 67.0 Å². The predicted molar refractivity (Wildman–Crippen MR) is 83.1 cm³/mol. The summed E-state index contributed by atoms with van der Waals surface area (Å²) in [6.45, 7) is 0. The maximum Gasteiger partial charge on any atom is 0.0499 e.